The average Bonchev–Trinajstić information content (AvgIpc) is 2.70. The number of benzene rings is 3. The minimum Gasteiger partial charge on any atom is -0.346 e. The van der Waals surface area contributed by atoms with E-state index in [1.165, 1.54) is 24.3 Å². The van der Waals surface area contributed by atoms with Gasteiger partial charge < -0.3 is 5.32 Å². The maximum atomic E-state index is 13.1. The van der Waals surface area contributed by atoms with Gasteiger partial charge in [0, 0.05) is 5.56 Å². The molecule has 0 fully saturated rings. The highest BCUT2D eigenvalue weighted by molar-refractivity contribution is 7.92. The molecule has 0 saturated heterocycles. The zero-order valence-electron chi connectivity index (χ0n) is 16.0. The Bertz CT molecular complexity index is 1110. The van der Waals surface area contributed by atoms with Crippen molar-refractivity contribution in [1.29, 1.82) is 0 Å². The Morgan fingerprint density at radius 1 is 0.931 bits per heavy atom. The largest absolute Gasteiger partial charge is 0.346 e. The first-order chi connectivity index (χ1) is 13.8. The van der Waals surface area contributed by atoms with E-state index >= 15 is 0 Å². The van der Waals surface area contributed by atoms with E-state index < -0.39 is 10.0 Å². The molecule has 0 aromatic heterocycles. The Kier molecular flexibility index (Phi) is 5.98. The lowest BCUT2D eigenvalue weighted by Crippen LogP contribution is -2.27. The molecule has 3 aromatic carbocycles. The van der Waals surface area contributed by atoms with Crippen molar-refractivity contribution in [2.45, 2.75) is 24.8 Å². The van der Waals surface area contributed by atoms with E-state index in [4.69, 9.17) is 0 Å². The second kappa shape index (κ2) is 8.45. The van der Waals surface area contributed by atoms with E-state index in [-0.39, 0.29) is 22.7 Å². The van der Waals surface area contributed by atoms with Crippen LogP contribution in [0.25, 0.3) is 0 Å². The Morgan fingerprint density at radius 3 is 2.24 bits per heavy atom. The van der Waals surface area contributed by atoms with Crippen LogP contribution >= 0.6 is 0 Å². The summed E-state index contributed by atoms with van der Waals surface area (Å²) in [6, 6.07) is 18.4. The van der Waals surface area contributed by atoms with Crippen molar-refractivity contribution in [2.24, 2.45) is 0 Å². The molecule has 7 heteroatoms. The van der Waals surface area contributed by atoms with Gasteiger partial charge in [0.2, 0.25) is 0 Å². The molecule has 5 nitrogen and oxygen atoms in total. The number of carbonyl (C=O) groups excluding carboxylic acids is 1. The van der Waals surface area contributed by atoms with Crippen LogP contribution in [0.15, 0.2) is 77.7 Å². The van der Waals surface area contributed by atoms with Gasteiger partial charge in [0.05, 0.1) is 16.6 Å². The lowest BCUT2D eigenvalue weighted by molar-refractivity contribution is 0.0939. The lowest BCUT2D eigenvalue weighted by Gasteiger charge is -2.17. The Labute approximate surface area is 169 Å². The number of carbonyl (C=O) groups is 1. The van der Waals surface area contributed by atoms with Crippen LogP contribution in [-0.2, 0) is 10.0 Å². The second-order valence-corrected chi connectivity index (χ2v) is 8.33. The van der Waals surface area contributed by atoms with E-state index in [0.717, 1.165) is 5.56 Å². The number of anilines is 1. The molecule has 0 spiro atoms. The van der Waals surface area contributed by atoms with Gasteiger partial charge in [-0.2, -0.15) is 0 Å². The van der Waals surface area contributed by atoms with Crippen LogP contribution < -0.4 is 10.0 Å². The molecular weight excluding hydrogens is 391 g/mol. The van der Waals surface area contributed by atoms with E-state index in [2.05, 4.69) is 10.0 Å². The van der Waals surface area contributed by atoms with Crippen LogP contribution in [0.5, 0.6) is 0 Å². The number of amides is 1. The SMILES string of the molecule is Cc1c(NS(=O)(=O)c2ccccc2)cccc1C(=O)N[C@@H](C)c1ccc(F)cc1. The van der Waals surface area contributed by atoms with Gasteiger partial charge in [-0.05, 0) is 61.4 Å². The molecular formula is C22H21FN2O3S. The van der Waals surface area contributed by atoms with E-state index in [0.29, 0.717) is 16.8 Å². The molecule has 3 rings (SSSR count). The predicted octanol–water partition coefficient (Wildman–Crippen LogP) is 4.43. The smallest absolute Gasteiger partial charge is 0.261 e. The van der Waals surface area contributed by atoms with Crippen LogP contribution in [0.4, 0.5) is 10.1 Å². The molecule has 0 unspecified atom stereocenters. The molecule has 150 valence electrons. The van der Waals surface area contributed by atoms with Crippen LogP contribution in [0, 0.1) is 12.7 Å². The zero-order chi connectivity index (χ0) is 21.0. The number of hydrogen-bond acceptors (Lipinski definition) is 3. The number of halogens is 1. The highest BCUT2D eigenvalue weighted by Gasteiger charge is 2.19. The minimum absolute atomic E-state index is 0.138. The zero-order valence-corrected chi connectivity index (χ0v) is 16.8. The standard InChI is InChI=1S/C22H21FN2O3S/c1-15-20(22(26)24-16(2)17-11-13-18(23)14-12-17)9-6-10-21(15)25-29(27,28)19-7-4-3-5-8-19/h3-14,16,25H,1-2H3,(H,24,26)/t16-/m0/s1. The molecule has 29 heavy (non-hydrogen) atoms. The summed E-state index contributed by atoms with van der Waals surface area (Å²) in [7, 11) is -3.77. The van der Waals surface area contributed by atoms with Crippen LogP contribution in [0.3, 0.4) is 0 Å². The fraction of sp³-hybridized carbons (Fsp3) is 0.136. The van der Waals surface area contributed by atoms with Crippen LogP contribution in [0.1, 0.15) is 34.5 Å². The fourth-order valence-corrected chi connectivity index (χ4v) is 4.05. The van der Waals surface area contributed by atoms with Crippen molar-refractivity contribution in [3.8, 4) is 0 Å². The molecule has 0 heterocycles. The first-order valence-corrected chi connectivity index (χ1v) is 10.5. The van der Waals surface area contributed by atoms with E-state index in [1.54, 1.807) is 62.4 Å². The molecule has 1 amide bonds. The normalized spacial score (nSPS) is 12.2. The summed E-state index contributed by atoms with van der Waals surface area (Å²) in [5, 5.41) is 2.86. The Hall–Kier alpha value is -3.19. The molecule has 0 radical (unpaired) electrons. The van der Waals surface area contributed by atoms with Crippen molar-refractivity contribution in [2.75, 3.05) is 4.72 Å². The lowest BCUT2D eigenvalue weighted by atomic mass is 10.0. The summed E-state index contributed by atoms with van der Waals surface area (Å²) in [5.74, 6) is -0.693. The molecule has 0 saturated carbocycles. The van der Waals surface area contributed by atoms with Crippen molar-refractivity contribution in [3.63, 3.8) is 0 Å². The molecule has 0 bridgehead atoms. The quantitative estimate of drug-likeness (QED) is 0.629. The maximum Gasteiger partial charge on any atom is 0.261 e. The summed E-state index contributed by atoms with van der Waals surface area (Å²) in [5.41, 5.74) is 1.96. The minimum atomic E-state index is -3.77. The predicted molar refractivity (Wildman–Crippen MR) is 111 cm³/mol. The molecule has 3 aromatic rings. The third-order valence-electron chi connectivity index (χ3n) is 4.59. The van der Waals surface area contributed by atoms with Gasteiger partial charge in [-0.25, -0.2) is 12.8 Å². The summed E-state index contributed by atoms with van der Waals surface area (Å²) in [6.45, 7) is 3.47. The van der Waals surface area contributed by atoms with E-state index in [9.17, 15) is 17.6 Å². The Morgan fingerprint density at radius 2 is 1.59 bits per heavy atom. The van der Waals surface area contributed by atoms with Gasteiger partial charge in [-0.15, -0.1) is 0 Å². The van der Waals surface area contributed by atoms with E-state index in [1.807, 2.05) is 0 Å². The van der Waals surface area contributed by atoms with Crippen molar-refractivity contribution < 1.29 is 17.6 Å². The number of rotatable bonds is 6. The van der Waals surface area contributed by atoms with Crippen LogP contribution in [-0.4, -0.2) is 14.3 Å². The summed E-state index contributed by atoms with van der Waals surface area (Å²) >= 11 is 0. The summed E-state index contributed by atoms with van der Waals surface area (Å²) < 4.78 is 40.8. The number of sulfonamides is 1. The van der Waals surface area contributed by atoms with Crippen molar-refractivity contribution in [3.05, 3.63) is 95.3 Å². The summed E-state index contributed by atoms with van der Waals surface area (Å²) in [6.07, 6.45) is 0. The molecule has 2 N–H and O–H groups in total. The van der Waals surface area contributed by atoms with Gasteiger partial charge >= 0.3 is 0 Å². The Balaban J connectivity index is 1.81. The number of nitrogens with one attached hydrogen (secondary N) is 2. The monoisotopic (exact) mass is 412 g/mol. The second-order valence-electron chi connectivity index (χ2n) is 6.64. The molecule has 0 aliphatic rings. The molecule has 1 atom stereocenters. The topological polar surface area (TPSA) is 75.3 Å². The van der Waals surface area contributed by atoms with Gasteiger partial charge in [0.15, 0.2) is 0 Å². The van der Waals surface area contributed by atoms with Crippen molar-refractivity contribution >= 4 is 21.6 Å². The van der Waals surface area contributed by atoms with Gasteiger partial charge in [0.25, 0.3) is 15.9 Å². The third-order valence-corrected chi connectivity index (χ3v) is 5.98. The average molecular weight is 412 g/mol. The fourth-order valence-electron chi connectivity index (χ4n) is 2.90. The summed E-state index contributed by atoms with van der Waals surface area (Å²) in [4.78, 5) is 12.9. The highest BCUT2D eigenvalue weighted by atomic mass is 32.2. The maximum absolute atomic E-state index is 13.1. The number of hydrogen-bond donors (Lipinski definition) is 2. The van der Waals surface area contributed by atoms with Gasteiger partial charge in [-0.3, -0.25) is 9.52 Å². The molecule has 0 aliphatic carbocycles. The first kappa shape index (κ1) is 20.5. The highest BCUT2D eigenvalue weighted by Crippen LogP contribution is 2.23. The third kappa shape index (κ3) is 4.81. The van der Waals surface area contributed by atoms with Gasteiger partial charge in [-0.1, -0.05) is 36.4 Å². The first-order valence-electron chi connectivity index (χ1n) is 9.02. The van der Waals surface area contributed by atoms with Gasteiger partial charge in [0.1, 0.15) is 5.82 Å². The molecule has 0 aliphatic heterocycles. The van der Waals surface area contributed by atoms with Crippen molar-refractivity contribution in [1.82, 2.24) is 5.32 Å². The van der Waals surface area contributed by atoms with Crippen LogP contribution in [0.2, 0.25) is 0 Å².